The Morgan fingerprint density at radius 1 is 1.39 bits per heavy atom. The number of amides is 1. The van der Waals surface area contributed by atoms with E-state index in [1.165, 1.54) is 6.33 Å². The van der Waals surface area contributed by atoms with Gasteiger partial charge in [0, 0.05) is 0 Å². The summed E-state index contributed by atoms with van der Waals surface area (Å²) in [4.78, 5) is 16.1. The largest absolute Gasteiger partial charge is 0.342 e. The van der Waals surface area contributed by atoms with Gasteiger partial charge in [0.05, 0.1) is 23.0 Å². The summed E-state index contributed by atoms with van der Waals surface area (Å²) in [5.41, 5.74) is 1.83. The molecule has 0 radical (unpaired) electrons. The van der Waals surface area contributed by atoms with Crippen molar-refractivity contribution in [3.05, 3.63) is 35.2 Å². The van der Waals surface area contributed by atoms with Gasteiger partial charge in [-0.05, 0) is 26.8 Å². The molecule has 7 heteroatoms. The normalized spacial score (nSPS) is 12.2. The summed E-state index contributed by atoms with van der Waals surface area (Å²) in [5, 5.41) is 17.1. The maximum absolute atomic E-state index is 12.1. The number of rotatable bonds is 3. The van der Waals surface area contributed by atoms with E-state index in [4.69, 9.17) is 0 Å². The second-order valence-electron chi connectivity index (χ2n) is 4.05. The Kier molecular flexibility index (Phi) is 3.31. The van der Waals surface area contributed by atoms with Crippen LogP contribution in [0.4, 0.5) is 0 Å². The molecule has 0 aromatic carbocycles. The number of hydrogen-bond donors (Lipinski definition) is 2. The Bertz CT molecular complexity index is 551. The summed E-state index contributed by atoms with van der Waals surface area (Å²) in [7, 11) is 0. The number of aromatic nitrogens is 5. The first kappa shape index (κ1) is 12.2. The molecule has 0 spiro atoms. The first-order chi connectivity index (χ1) is 8.58. The predicted molar refractivity (Wildman–Crippen MR) is 63.8 cm³/mol. The first-order valence-electron chi connectivity index (χ1n) is 5.55. The van der Waals surface area contributed by atoms with Crippen LogP contribution in [0, 0.1) is 13.8 Å². The lowest BCUT2D eigenvalue weighted by atomic mass is 10.1. The van der Waals surface area contributed by atoms with E-state index in [0.717, 1.165) is 0 Å². The molecule has 1 unspecified atom stereocenters. The van der Waals surface area contributed by atoms with E-state index >= 15 is 0 Å². The molecule has 18 heavy (non-hydrogen) atoms. The van der Waals surface area contributed by atoms with Crippen molar-refractivity contribution < 1.29 is 4.79 Å². The van der Waals surface area contributed by atoms with Crippen LogP contribution in [0.3, 0.4) is 0 Å². The van der Waals surface area contributed by atoms with Gasteiger partial charge < -0.3 is 5.32 Å². The number of aryl methyl sites for hydroxylation is 2. The van der Waals surface area contributed by atoms with Crippen LogP contribution in [-0.2, 0) is 0 Å². The molecule has 2 heterocycles. The second kappa shape index (κ2) is 4.91. The molecule has 0 aliphatic rings. The van der Waals surface area contributed by atoms with E-state index in [-0.39, 0.29) is 11.9 Å². The van der Waals surface area contributed by atoms with Gasteiger partial charge in [0.25, 0.3) is 5.91 Å². The van der Waals surface area contributed by atoms with Gasteiger partial charge in [0.2, 0.25) is 0 Å². The fraction of sp³-hybridized carbons (Fsp3) is 0.364. The topological polar surface area (TPSA) is 96.5 Å². The third-order valence-corrected chi connectivity index (χ3v) is 2.54. The van der Waals surface area contributed by atoms with E-state index in [2.05, 4.69) is 30.7 Å². The molecule has 0 saturated heterocycles. The minimum Gasteiger partial charge on any atom is -0.342 e. The Balaban J connectivity index is 2.15. The highest BCUT2D eigenvalue weighted by molar-refractivity contribution is 5.95. The van der Waals surface area contributed by atoms with E-state index < -0.39 is 0 Å². The van der Waals surface area contributed by atoms with Crippen molar-refractivity contribution >= 4 is 5.91 Å². The van der Waals surface area contributed by atoms with Crippen LogP contribution in [0.5, 0.6) is 0 Å². The third-order valence-electron chi connectivity index (χ3n) is 2.54. The monoisotopic (exact) mass is 246 g/mol. The molecule has 2 aromatic heterocycles. The number of hydrogen-bond acceptors (Lipinski definition) is 5. The van der Waals surface area contributed by atoms with Crippen LogP contribution in [0.1, 0.15) is 40.5 Å². The van der Waals surface area contributed by atoms with Crippen molar-refractivity contribution in [1.29, 1.82) is 0 Å². The van der Waals surface area contributed by atoms with Crippen molar-refractivity contribution in [2.45, 2.75) is 26.8 Å². The van der Waals surface area contributed by atoms with Gasteiger partial charge in [-0.15, -0.1) is 0 Å². The molecule has 0 aliphatic heterocycles. The summed E-state index contributed by atoms with van der Waals surface area (Å²) in [5.74, 6) is 0.411. The molecule has 0 fully saturated rings. The van der Waals surface area contributed by atoms with Gasteiger partial charge in [0.1, 0.15) is 12.2 Å². The lowest BCUT2D eigenvalue weighted by Gasteiger charge is -2.12. The number of carbonyl (C=O) groups excluding carboxylic acids is 1. The van der Waals surface area contributed by atoms with E-state index in [1.807, 2.05) is 6.92 Å². The molecule has 2 N–H and O–H groups in total. The van der Waals surface area contributed by atoms with Crippen LogP contribution in [0.2, 0.25) is 0 Å². The fourth-order valence-electron chi connectivity index (χ4n) is 1.55. The average Bonchev–Trinajstić information content (AvgIpc) is 2.85. The molecular formula is C11H14N6O. The van der Waals surface area contributed by atoms with Crippen molar-refractivity contribution in [2.75, 3.05) is 0 Å². The van der Waals surface area contributed by atoms with Crippen LogP contribution < -0.4 is 5.32 Å². The van der Waals surface area contributed by atoms with Crippen molar-refractivity contribution in [3.8, 4) is 0 Å². The van der Waals surface area contributed by atoms with Crippen molar-refractivity contribution in [3.63, 3.8) is 0 Å². The maximum Gasteiger partial charge on any atom is 0.253 e. The van der Waals surface area contributed by atoms with Crippen LogP contribution in [0.15, 0.2) is 12.4 Å². The Hall–Kier alpha value is -2.31. The molecule has 0 bridgehead atoms. The maximum atomic E-state index is 12.1. The number of nitrogens with zero attached hydrogens (tertiary/aromatic N) is 4. The van der Waals surface area contributed by atoms with E-state index in [9.17, 15) is 4.79 Å². The lowest BCUT2D eigenvalue weighted by Crippen LogP contribution is -2.28. The van der Waals surface area contributed by atoms with Gasteiger partial charge in [-0.1, -0.05) is 0 Å². The Labute approximate surface area is 104 Å². The van der Waals surface area contributed by atoms with Gasteiger partial charge >= 0.3 is 0 Å². The van der Waals surface area contributed by atoms with Gasteiger partial charge in [0.15, 0.2) is 0 Å². The van der Waals surface area contributed by atoms with Gasteiger partial charge in [-0.2, -0.15) is 15.3 Å². The summed E-state index contributed by atoms with van der Waals surface area (Å²) >= 11 is 0. The average molecular weight is 246 g/mol. The number of H-pyrrole nitrogens is 1. The molecular weight excluding hydrogens is 232 g/mol. The number of carbonyl (C=O) groups is 1. The van der Waals surface area contributed by atoms with Gasteiger partial charge in [-0.25, -0.2) is 4.98 Å². The van der Waals surface area contributed by atoms with E-state index in [0.29, 0.717) is 22.8 Å². The molecule has 2 aromatic rings. The predicted octanol–water partition coefficient (Wildman–Crippen LogP) is 0.703. The van der Waals surface area contributed by atoms with Crippen LogP contribution in [0.25, 0.3) is 0 Å². The van der Waals surface area contributed by atoms with Crippen LogP contribution in [-0.4, -0.2) is 31.3 Å². The van der Waals surface area contributed by atoms with Crippen LogP contribution >= 0.6 is 0 Å². The van der Waals surface area contributed by atoms with E-state index in [1.54, 1.807) is 19.9 Å². The Morgan fingerprint density at radius 2 is 2.17 bits per heavy atom. The third kappa shape index (κ3) is 2.50. The molecule has 0 saturated carbocycles. The minimum atomic E-state index is -0.243. The minimum absolute atomic E-state index is 0.200. The summed E-state index contributed by atoms with van der Waals surface area (Å²) in [6.07, 6.45) is 1.40. The zero-order valence-electron chi connectivity index (χ0n) is 10.4. The molecule has 7 nitrogen and oxygen atoms in total. The molecule has 1 atom stereocenters. The highest BCUT2D eigenvalue weighted by Gasteiger charge is 2.16. The number of aromatic amines is 1. The lowest BCUT2D eigenvalue weighted by molar-refractivity contribution is 0.0937. The zero-order valence-corrected chi connectivity index (χ0v) is 10.4. The first-order valence-corrected chi connectivity index (χ1v) is 5.55. The standard InChI is InChI=1S/C11H14N6O/c1-6-4-9(7(2)16-15-6)11(18)14-8(3)10-12-5-13-17-10/h4-5,8H,1-3H3,(H,14,18)(H,12,13,17). The summed E-state index contributed by atoms with van der Waals surface area (Å²) < 4.78 is 0. The SMILES string of the molecule is Cc1cc(C(=O)NC(C)c2ncn[nH]2)c(C)nn1. The highest BCUT2D eigenvalue weighted by Crippen LogP contribution is 2.09. The summed E-state index contributed by atoms with van der Waals surface area (Å²) in [6.45, 7) is 5.37. The molecule has 94 valence electrons. The quantitative estimate of drug-likeness (QED) is 0.831. The smallest absolute Gasteiger partial charge is 0.253 e. The fourth-order valence-corrected chi connectivity index (χ4v) is 1.55. The number of nitrogens with one attached hydrogen (secondary N) is 2. The highest BCUT2D eigenvalue weighted by atomic mass is 16.1. The van der Waals surface area contributed by atoms with Crippen molar-refractivity contribution in [1.82, 2.24) is 30.7 Å². The second-order valence-corrected chi connectivity index (χ2v) is 4.05. The van der Waals surface area contributed by atoms with Gasteiger partial charge in [-0.3, -0.25) is 9.89 Å². The zero-order chi connectivity index (χ0) is 13.1. The molecule has 1 amide bonds. The molecule has 0 aliphatic carbocycles. The Morgan fingerprint density at radius 3 is 2.83 bits per heavy atom. The van der Waals surface area contributed by atoms with Crippen molar-refractivity contribution in [2.24, 2.45) is 0 Å². The summed E-state index contributed by atoms with van der Waals surface area (Å²) in [6, 6.07) is 1.47. The molecule has 2 rings (SSSR count).